The summed E-state index contributed by atoms with van der Waals surface area (Å²) in [5.74, 6) is 0. The Morgan fingerprint density at radius 3 is 2.20 bits per heavy atom. The molecule has 0 saturated heterocycles. The molecular formula is C18H22BrF3N2O. The number of benzene rings is 2. The minimum atomic E-state index is -4.37. The van der Waals surface area contributed by atoms with Gasteiger partial charge in [0, 0.05) is 22.9 Å². The van der Waals surface area contributed by atoms with Gasteiger partial charge in [0.05, 0.1) is 5.56 Å². The second-order valence-corrected chi connectivity index (χ2v) is 5.47. The number of nitrogens with one attached hydrogen (secondary N) is 2. The van der Waals surface area contributed by atoms with E-state index in [4.69, 9.17) is 0 Å². The smallest absolute Gasteiger partial charge is 0.388 e. The van der Waals surface area contributed by atoms with Gasteiger partial charge in [-0.25, -0.2) is 0 Å². The first-order valence-corrected chi connectivity index (χ1v) is 8.38. The summed E-state index contributed by atoms with van der Waals surface area (Å²) in [4.78, 5) is 9.94. The first-order chi connectivity index (χ1) is 11.8. The zero-order chi connectivity index (χ0) is 19.5. The molecule has 1 amide bonds. The lowest BCUT2D eigenvalue weighted by Gasteiger charge is -2.07. The van der Waals surface area contributed by atoms with Crippen LogP contribution in [0.15, 0.2) is 46.9 Å². The van der Waals surface area contributed by atoms with E-state index in [9.17, 15) is 18.0 Å². The predicted octanol–water partition coefficient (Wildman–Crippen LogP) is 6.10. The SMILES string of the molecule is CC.CNc1ccc(Br)cc1C.O=CNc1cccc(C(F)(F)F)c1. The highest BCUT2D eigenvalue weighted by molar-refractivity contribution is 9.10. The summed E-state index contributed by atoms with van der Waals surface area (Å²) in [5, 5.41) is 5.24. The van der Waals surface area contributed by atoms with E-state index in [-0.39, 0.29) is 5.69 Å². The third kappa shape index (κ3) is 8.58. The average Bonchev–Trinajstić information content (AvgIpc) is 2.57. The van der Waals surface area contributed by atoms with Crippen molar-refractivity contribution in [1.82, 2.24) is 0 Å². The van der Waals surface area contributed by atoms with Crippen LogP contribution in [0, 0.1) is 6.92 Å². The van der Waals surface area contributed by atoms with Crippen LogP contribution in [-0.4, -0.2) is 13.5 Å². The van der Waals surface area contributed by atoms with E-state index in [0.717, 1.165) is 16.6 Å². The number of anilines is 2. The fraction of sp³-hybridized carbons (Fsp3) is 0.278. The summed E-state index contributed by atoms with van der Waals surface area (Å²) < 4.78 is 37.4. The molecule has 2 aromatic carbocycles. The molecule has 0 aliphatic heterocycles. The topological polar surface area (TPSA) is 41.1 Å². The Labute approximate surface area is 154 Å². The fourth-order valence-electron chi connectivity index (χ4n) is 1.76. The van der Waals surface area contributed by atoms with Crippen LogP contribution in [0.1, 0.15) is 25.0 Å². The highest BCUT2D eigenvalue weighted by Crippen LogP contribution is 2.30. The average molecular weight is 419 g/mol. The van der Waals surface area contributed by atoms with Gasteiger partial charge in [0.1, 0.15) is 0 Å². The van der Waals surface area contributed by atoms with Crippen molar-refractivity contribution in [3.05, 3.63) is 58.1 Å². The summed E-state index contributed by atoms with van der Waals surface area (Å²) in [7, 11) is 1.93. The molecular weight excluding hydrogens is 397 g/mol. The second kappa shape index (κ2) is 11.5. The number of rotatable bonds is 3. The second-order valence-electron chi connectivity index (χ2n) is 4.55. The van der Waals surface area contributed by atoms with Gasteiger partial charge >= 0.3 is 6.18 Å². The lowest BCUT2D eigenvalue weighted by Crippen LogP contribution is -2.05. The van der Waals surface area contributed by atoms with Crippen molar-refractivity contribution in [1.29, 1.82) is 0 Å². The molecule has 7 heteroatoms. The molecule has 2 aromatic rings. The van der Waals surface area contributed by atoms with E-state index in [1.54, 1.807) is 0 Å². The number of amides is 1. The number of carbonyl (C=O) groups is 1. The van der Waals surface area contributed by atoms with Gasteiger partial charge in [-0.2, -0.15) is 13.2 Å². The van der Waals surface area contributed by atoms with E-state index in [2.05, 4.69) is 45.6 Å². The zero-order valence-corrected chi connectivity index (χ0v) is 16.1. The Balaban J connectivity index is 0.000000430. The van der Waals surface area contributed by atoms with Gasteiger partial charge in [-0.3, -0.25) is 4.79 Å². The summed E-state index contributed by atoms with van der Waals surface area (Å²) >= 11 is 3.40. The van der Waals surface area contributed by atoms with Crippen LogP contribution in [0.4, 0.5) is 24.5 Å². The van der Waals surface area contributed by atoms with E-state index in [0.29, 0.717) is 6.41 Å². The Bertz CT molecular complexity index is 661. The summed E-state index contributed by atoms with van der Waals surface area (Å²) in [6.07, 6.45) is -4.05. The number of aryl methyl sites for hydroxylation is 1. The van der Waals surface area contributed by atoms with Crippen molar-refractivity contribution in [3.63, 3.8) is 0 Å². The molecule has 25 heavy (non-hydrogen) atoms. The van der Waals surface area contributed by atoms with Gasteiger partial charge in [0.2, 0.25) is 6.41 Å². The molecule has 0 aliphatic carbocycles. The Kier molecular flexibility index (Phi) is 10.6. The lowest BCUT2D eigenvalue weighted by molar-refractivity contribution is -0.137. The predicted molar refractivity (Wildman–Crippen MR) is 101 cm³/mol. The highest BCUT2D eigenvalue weighted by Gasteiger charge is 2.30. The van der Waals surface area contributed by atoms with Crippen molar-refractivity contribution in [2.75, 3.05) is 17.7 Å². The van der Waals surface area contributed by atoms with Crippen molar-refractivity contribution < 1.29 is 18.0 Å². The van der Waals surface area contributed by atoms with Gasteiger partial charge in [-0.1, -0.05) is 35.8 Å². The number of halogens is 4. The van der Waals surface area contributed by atoms with E-state index in [1.807, 2.05) is 27.0 Å². The van der Waals surface area contributed by atoms with Crippen molar-refractivity contribution in [2.24, 2.45) is 0 Å². The zero-order valence-electron chi connectivity index (χ0n) is 14.5. The van der Waals surface area contributed by atoms with Gasteiger partial charge in [-0.05, 0) is 48.9 Å². The maximum atomic E-state index is 12.1. The van der Waals surface area contributed by atoms with E-state index in [1.165, 1.54) is 23.4 Å². The van der Waals surface area contributed by atoms with Crippen molar-refractivity contribution in [3.8, 4) is 0 Å². The molecule has 0 spiro atoms. The van der Waals surface area contributed by atoms with Gasteiger partial charge in [-0.15, -0.1) is 0 Å². The molecule has 0 heterocycles. The van der Waals surface area contributed by atoms with Crippen LogP contribution in [0.25, 0.3) is 0 Å². The minimum absolute atomic E-state index is 0.129. The summed E-state index contributed by atoms with van der Waals surface area (Å²) in [6, 6.07) is 10.6. The number of alkyl halides is 3. The quantitative estimate of drug-likeness (QED) is 0.591. The molecule has 2 N–H and O–H groups in total. The third-order valence-electron chi connectivity index (χ3n) is 2.87. The van der Waals surface area contributed by atoms with Gasteiger partial charge in [0.15, 0.2) is 0 Å². The molecule has 0 radical (unpaired) electrons. The van der Waals surface area contributed by atoms with Crippen molar-refractivity contribution in [2.45, 2.75) is 26.9 Å². The molecule has 0 unspecified atom stereocenters. The normalized spacial score (nSPS) is 9.76. The molecule has 138 valence electrons. The standard InChI is InChI=1S/C8H10BrN.C8H6F3NO.C2H6/c1-6-5-7(9)3-4-8(6)10-2;9-8(10,11)6-2-1-3-7(4-6)12-5-13;1-2/h3-5,10H,1-2H3;1-5H,(H,12,13);1-2H3. The Morgan fingerprint density at radius 1 is 1.08 bits per heavy atom. The van der Waals surface area contributed by atoms with Crippen LogP contribution in [-0.2, 0) is 11.0 Å². The van der Waals surface area contributed by atoms with Crippen LogP contribution in [0.2, 0.25) is 0 Å². The lowest BCUT2D eigenvalue weighted by atomic mass is 10.2. The van der Waals surface area contributed by atoms with Gasteiger partial charge < -0.3 is 10.6 Å². The maximum absolute atomic E-state index is 12.1. The Hall–Kier alpha value is -2.02. The largest absolute Gasteiger partial charge is 0.416 e. The maximum Gasteiger partial charge on any atom is 0.416 e. The van der Waals surface area contributed by atoms with Crippen LogP contribution in [0.3, 0.4) is 0 Å². The van der Waals surface area contributed by atoms with Crippen LogP contribution >= 0.6 is 15.9 Å². The minimum Gasteiger partial charge on any atom is -0.388 e. The van der Waals surface area contributed by atoms with Crippen molar-refractivity contribution >= 4 is 33.7 Å². The molecule has 2 rings (SSSR count). The highest BCUT2D eigenvalue weighted by atomic mass is 79.9. The summed E-state index contributed by atoms with van der Waals surface area (Å²) in [5.41, 5.74) is 1.80. The van der Waals surface area contributed by atoms with E-state index >= 15 is 0 Å². The monoisotopic (exact) mass is 418 g/mol. The molecule has 0 atom stereocenters. The van der Waals surface area contributed by atoms with Crippen LogP contribution in [0.5, 0.6) is 0 Å². The third-order valence-corrected chi connectivity index (χ3v) is 3.37. The molecule has 0 saturated carbocycles. The molecule has 0 aliphatic rings. The fourth-order valence-corrected chi connectivity index (χ4v) is 2.24. The van der Waals surface area contributed by atoms with Crippen LogP contribution < -0.4 is 10.6 Å². The number of hydrogen-bond donors (Lipinski definition) is 2. The van der Waals surface area contributed by atoms with E-state index < -0.39 is 11.7 Å². The number of carbonyl (C=O) groups excluding carboxylic acids is 1. The first-order valence-electron chi connectivity index (χ1n) is 7.59. The molecule has 3 nitrogen and oxygen atoms in total. The molecule has 0 bridgehead atoms. The molecule has 0 aromatic heterocycles. The van der Waals surface area contributed by atoms with Gasteiger partial charge in [0.25, 0.3) is 0 Å². The first kappa shape index (κ1) is 23.0. The number of hydrogen-bond acceptors (Lipinski definition) is 2. The Morgan fingerprint density at radius 2 is 1.72 bits per heavy atom. The molecule has 0 fully saturated rings. The summed E-state index contributed by atoms with van der Waals surface area (Å²) in [6.45, 7) is 6.08.